The fourth-order valence-corrected chi connectivity index (χ4v) is 2.38. The van der Waals surface area contributed by atoms with E-state index in [1.54, 1.807) is 18.0 Å². The number of amides is 2. The van der Waals surface area contributed by atoms with E-state index in [-0.39, 0.29) is 17.9 Å². The summed E-state index contributed by atoms with van der Waals surface area (Å²) >= 11 is 0. The number of carbonyl (C=O) groups excluding carboxylic acids is 2. The Bertz CT molecular complexity index is 417. The molecule has 2 heterocycles. The molecule has 2 unspecified atom stereocenters. The van der Waals surface area contributed by atoms with Gasteiger partial charge < -0.3 is 4.90 Å². The van der Waals surface area contributed by atoms with Crippen LogP contribution in [0.15, 0.2) is 17.5 Å². The minimum absolute atomic E-state index is 0.0309. The molecule has 0 saturated carbocycles. The van der Waals surface area contributed by atoms with Crippen LogP contribution < -0.4 is 0 Å². The van der Waals surface area contributed by atoms with Gasteiger partial charge in [-0.05, 0) is 39.2 Å². The number of hydrogen-bond acceptors (Lipinski definition) is 2. The molecule has 0 bridgehead atoms. The van der Waals surface area contributed by atoms with Gasteiger partial charge >= 0.3 is 0 Å². The van der Waals surface area contributed by atoms with Crippen molar-refractivity contribution in [1.29, 1.82) is 0 Å². The summed E-state index contributed by atoms with van der Waals surface area (Å²) in [5.74, 6) is 0.0854. The molecule has 0 aromatic carbocycles. The van der Waals surface area contributed by atoms with Crippen LogP contribution in [0.25, 0.3) is 0 Å². The highest BCUT2D eigenvalue weighted by Gasteiger charge is 2.45. The highest BCUT2D eigenvalue weighted by Crippen LogP contribution is 2.26. The Balaban J connectivity index is 2.31. The predicted octanol–water partition coefficient (Wildman–Crippen LogP) is 1.29. The molecule has 2 aliphatic heterocycles. The zero-order chi connectivity index (χ0) is 12.6. The van der Waals surface area contributed by atoms with Crippen LogP contribution >= 0.6 is 0 Å². The number of fused-ring (bicyclic) bond motifs is 1. The standard InChI is InChI=1S/C13H18N2O2/c1-9(2)6-8-14-10(3)12(16)15-7-4-5-11(15)13(14)17/h8,10-11H,4-5,7H2,1-3H3. The van der Waals surface area contributed by atoms with Crippen LogP contribution in [0.4, 0.5) is 0 Å². The summed E-state index contributed by atoms with van der Waals surface area (Å²) < 4.78 is 0. The summed E-state index contributed by atoms with van der Waals surface area (Å²) in [7, 11) is 0. The number of piperazine rings is 1. The number of nitrogens with zero attached hydrogens (tertiary/aromatic N) is 2. The Labute approximate surface area is 102 Å². The first-order valence-corrected chi connectivity index (χ1v) is 6.05. The third-order valence-electron chi connectivity index (χ3n) is 3.34. The van der Waals surface area contributed by atoms with Crippen molar-refractivity contribution in [1.82, 2.24) is 9.80 Å². The van der Waals surface area contributed by atoms with Gasteiger partial charge in [-0.3, -0.25) is 14.5 Å². The lowest BCUT2D eigenvalue weighted by Crippen LogP contribution is -2.59. The van der Waals surface area contributed by atoms with Crippen molar-refractivity contribution in [2.45, 2.75) is 45.7 Å². The molecule has 0 N–H and O–H groups in total. The van der Waals surface area contributed by atoms with Crippen molar-refractivity contribution in [2.24, 2.45) is 0 Å². The van der Waals surface area contributed by atoms with Gasteiger partial charge in [-0.25, -0.2) is 0 Å². The van der Waals surface area contributed by atoms with Gasteiger partial charge in [0.05, 0.1) is 6.20 Å². The van der Waals surface area contributed by atoms with Gasteiger partial charge in [-0.1, -0.05) is 0 Å². The Morgan fingerprint density at radius 2 is 2.06 bits per heavy atom. The Hall–Kier alpha value is -1.54. The third kappa shape index (κ3) is 2.01. The van der Waals surface area contributed by atoms with Gasteiger partial charge in [0.25, 0.3) is 5.91 Å². The van der Waals surface area contributed by atoms with Gasteiger partial charge in [-0.2, -0.15) is 0 Å². The lowest BCUT2D eigenvalue weighted by atomic mass is 10.1. The number of allylic oxidation sites excluding steroid dienone is 1. The summed E-state index contributed by atoms with van der Waals surface area (Å²) in [5, 5.41) is 0. The van der Waals surface area contributed by atoms with E-state index in [1.165, 1.54) is 4.90 Å². The molecule has 0 aromatic rings. The number of carbonyl (C=O) groups is 2. The van der Waals surface area contributed by atoms with E-state index in [2.05, 4.69) is 5.73 Å². The smallest absolute Gasteiger partial charge is 0.250 e. The molecular weight excluding hydrogens is 216 g/mol. The van der Waals surface area contributed by atoms with Crippen LogP contribution in [0.3, 0.4) is 0 Å². The first-order chi connectivity index (χ1) is 8.02. The second kappa shape index (κ2) is 4.38. The molecule has 2 atom stereocenters. The average molecular weight is 234 g/mol. The minimum Gasteiger partial charge on any atom is -0.329 e. The second-order valence-corrected chi connectivity index (χ2v) is 4.88. The number of rotatable bonds is 1. The van der Waals surface area contributed by atoms with E-state index >= 15 is 0 Å². The molecule has 17 heavy (non-hydrogen) atoms. The minimum atomic E-state index is -0.399. The lowest BCUT2D eigenvalue weighted by molar-refractivity contribution is -0.155. The van der Waals surface area contributed by atoms with Gasteiger partial charge in [-0.15, -0.1) is 5.73 Å². The molecular formula is C13H18N2O2. The molecule has 2 saturated heterocycles. The van der Waals surface area contributed by atoms with E-state index in [0.29, 0.717) is 0 Å². The molecule has 4 nitrogen and oxygen atoms in total. The molecule has 0 spiro atoms. The van der Waals surface area contributed by atoms with Crippen molar-refractivity contribution in [2.75, 3.05) is 6.54 Å². The molecule has 2 fully saturated rings. The number of hydrogen-bond donors (Lipinski definition) is 0. The van der Waals surface area contributed by atoms with Crippen LogP contribution in [0, 0.1) is 0 Å². The highest BCUT2D eigenvalue weighted by molar-refractivity contribution is 5.97. The van der Waals surface area contributed by atoms with Crippen LogP contribution in [0.2, 0.25) is 0 Å². The van der Waals surface area contributed by atoms with Crippen molar-refractivity contribution in [3.63, 3.8) is 0 Å². The van der Waals surface area contributed by atoms with Gasteiger partial charge in [0.1, 0.15) is 12.1 Å². The largest absolute Gasteiger partial charge is 0.329 e. The average Bonchev–Trinajstić information content (AvgIpc) is 2.75. The highest BCUT2D eigenvalue weighted by atomic mass is 16.2. The summed E-state index contributed by atoms with van der Waals surface area (Å²) in [6.45, 7) is 6.33. The zero-order valence-electron chi connectivity index (χ0n) is 10.6. The Morgan fingerprint density at radius 1 is 1.35 bits per heavy atom. The van der Waals surface area contributed by atoms with Crippen molar-refractivity contribution < 1.29 is 9.59 Å². The molecule has 0 aromatic heterocycles. The normalized spacial score (nSPS) is 27.9. The van der Waals surface area contributed by atoms with Crippen LogP contribution in [-0.4, -0.2) is 40.2 Å². The Kier molecular flexibility index (Phi) is 3.07. The molecule has 2 aliphatic rings. The molecule has 4 heteroatoms. The van der Waals surface area contributed by atoms with Crippen molar-refractivity contribution >= 4 is 11.8 Å². The van der Waals surface area contributed by atoms with E-state index < -0.39 is 6.04 Å². The van der Waals surface area contributed by atoms with Crippen LogP contribution in [0.1, 0.15) is 33.6 Å². The fraction of sp³-hybridized carbons (Fsp3) is 0.615. The van der Waals surface area contributed by atoms with Crippen molar-refractivity contribution in [3.05, 3.63) is 17.5 Å². The molecule has 2 amide bonds. The predicted molar refractivity (Wildman–Crippen MR) is 64.0 cm³/mol. The van der Waals surface area contributed by atoms with E-state index in [1.807, 2.05) is 13.8 Å². The quantitative estimate of drug-likeness (QED) is 0.641. The van der Waals surface area contributed by atoms with Gasteiger partial charge in [0.15, 0.2) is 0 Å². The van der Waals surface area contributed by atoms with Gasteiger partial charge in [0.2, 0.25) is 5.91 Å². The Morgan fingerprint density at radius 3 is 2.71 bits per heavy atom. The summed E-state index contributed by atoms with van der Waals surface area (Å²) in [6.07, 6.45) is 3.33. The second-order valence-electron chi connectivity index (χ2n) is 4.88. The first kappa shape index (κ1) is 11.9. The topological polar surface area (TPSA) is 40.6 Å². The maximum atomic E-state index is 12.2. The summed E-state index contributed by atoms with van der Waals surface area (Å²) in [5.41, 5.74) is 3.99. The van der Waals surface area contributed by atoms with Gasteiger partial charge in [0, 0.05) is 6.54 Å². The fourth-order valence-electron chi connectivity index (χ4n) is 2.38. The molecule has 0 radical (unpaired) electrons. The third-order valence-corrected chi connectivity index (χ3v) is 3.34. The molecule has 92 valence electrons. The zero-order valence-corrected chi connectivity index (χ0v) is 10.6. The van der Waals surface area contributed by atoms with Crippen LogP contribution in [-0.2, 0) is 9.59 Å². The SMILES string of the molecule is CC(C)=C=CN1C(=O)C2CCCN2C(=O)C1C. The maximum Gasteiger partial charge on any atom is 0.250 e. The van der Waals surface area contributed by atoms with E-state index in [9.17, 15) is 9.59 Å². The van der Waals surface area contributed by atoms with E-state index in [0.717, 1.165) is 25.0 Å². The summed E-state index contributed by atoms with van der Waals surface area (Å²) in [4.78, 5) is 27.6. The summed E-state index contributed by atoms with van der Waals surface area (Å²) in [6, 6.07) is -0.641. The van der Waals surface area contributed by atoms with E-state index in [4.69, 9.17) is 0 Å². The first-order valence-electron chi connectivity index (χ1n) is 6.05. The molecule has 0 aliphatic carbocycles. The maximum absolute atomic E-state index is 12.2. The lowest BCUT2D eigenvalue weighted by Gasteiger charge is -2.38. The molecule has 2 rings (SSSR count). The van der Waals surface area contributed by atoms with Crippen molar-refractivity contribution in [3.8, 4) is 0 Å². The van der Waals surface area contributed by atoms with Crippen LogP contribution in [0.5, 0.6) is 0 Å². The monoisotopic (exact) mass is 234 g/mol.